The second-order valence-corrected chi connectivity index (χ2v) is 7.26. The number of nitrogens with zero attached hydrogens (tertiary/aromatic N) is 1. The lowest BCUT2D eigenvalue weighted by Crippen LogP contribution is -2.41. The van der Waals surface area contributed by atoms with Crippen LogP contribution >= 0.6 is 0 Å². The molecule has 1 aliphatic carbocycles. The van der Waals surface area contributed by atoms with Crippen LogP contribution in [0.3, 0.4) is 0 Å². The number of rotatable bonds is 3. The molecule has 1 saturated heterocycles. The van der Waals surface area contributed by atoms with E-state index in [2.05, 4.69) is 31.0 Å². The highest BCUT2D eigenvalue weighted by Crippen LogP contribution is 2.43. The summed E-state index contributed by atoms with van der Waals surface area (Å²) in [4.78, 5) is 2.68. The zero-order valence-electron chi connectivity index (χ0n) is 12.0. The van der Waals surface area contributed by atoms with Gasteiger partial charge in [-0.15, -0.1) is 0 Å². The minimum absolute atomic E-state index is 0.266. The van der Waals surface area contributed by atoms with Crippen molar-refractivity contribution in [3.8, 4) is 0 Å². The Kier molecular flexibility index (Phi) is 4.14. The zero-order chi connectivity index (χ0) is 12.4. The number of hydrogen-bond donors (Lipinski definition) is 1. The molecule has 0 atom stereocenters. The second-order valence-electron chi connectivity index (χ2n) is 7.26. The van der Waals surface area contributed by atoms with Crippen molar-refractivity contribution in [2.24, 2.45) is 5.41 Å². The van der Waals surface area contributed by atoms with Crippen molar-refractivity contribution in [1.29, 1.82) is 0 Å². The van der Waals surface area contributed by atoms with E-state index in [0.29, 0.717) is 0 Å². The van der Waals surface area contributed by atoms with E-state index >= 15 is 0 Å². The molecule has 0 aromatic heterocycles. The van der Waals surface area contributed by atoms with E-state index in [0.717, 1.165) is 12.0 Å². The molecule has 17 heavy (non-hydrogen) atoms. The van der Waals surface area contributed by atoms with Gasteiger partial charge in [0.15, 0.2) is 0 Å². The van der Waals surface area contributed by atoms with Gasteiger partial charge in [-0.25, -0.2) is 0 Å². The van der Waals surface area contributed by atoms with Crippen molar-refractivity contribution in [2.75, 3.05) is 26.2 Å². The largest absolute Gasteiger partial charge is 0.311 e. The summed E-state index contributed by atoms with van der Waals surface area (Å²) in [6, 6.07) is 0. The molecule has 1 aliphatic heterocycles. The molecule has 0 bridgehead atoms. The van der Waals surface area contributed by atoms with Crippen LogP contribution in [0.5, 0.6) is 0 Å². The molecular weight excluding hydrogens is 208 g/mol. The zero-order valence-corrected chi connectivity index (χ0v) is 12.0. The van der Waals surface area contributed by atoms with Gasteiger partial charge in [0.05, 0.1) is 0 Å². The van der Waals surface area contributed by atoms with Crippen LogP contribution in [0.2, 0.25) is 0 Å². The molecule has 0 aromatic carbocycles. The molecule has 2 heteroatoms. The highest BCUT2D eigenvalue weighted by molar-refractivity contribution is 4.92. The van der Waals surface area contributed by atoms with Crippen LogP contribution in [-0.2, 0) is 0 Å². The SMILES string of the molecule is CC(C)(C)NCCN1CCC2(CCCCC2)C1. The number of likely N-dealkylation sites (tertiary alicyclic amines) is 1. The molecule has 100 valence electrons. The Morgan fingerprint density at radius 1 is 1.06 bits per heavy atom. The van der Waals surface area contributed by atoms with Crippen LogP contribution in [0.15, 0.2) is 0 Å². The lowest BCUT2D eigenvalue weighted by atomic mass is 9.73. The van der Waals surface area contributed by atoms with Crippen molar-refractivity contribution >= 4 is 0 Å². The summed E-state index contributed by atoms with van der Waals surface area (Å²) >= 11 is 0. The van der Waals surface area contributed by atoms with Crippen LogP contribution in [-0.4, -0.2) is 36.6 Å². The lowest BCUT2D eigenvalue weighted by Gasteiger charge is -2.33. The standard InChI is InChI=1S/C15H30N2/c1-14(2,3)16-10-12-17-11-9-15(13-17)7-5-4-6-8-15/h16H,4-13H2,1-3H3. The Balaban J connectivity index is 1.70. The van der Waals surface area contributed by atoms with Crippen LogP contribution in [0.25, 0.3) is 0 Å². The molecule has 0 radical (unpaired) electrons. The molecule has 1 spiro atoms. The van der Waals surface area contributed by atoms with Gasteiger partial charge < -0.3 is 10.2 Å². The van der Waals surface area contributed by atoms with Gasteiger partial charge in [-0.05, 0) is 52.0 Å². The fourth-order valence-electron chi connectivity index (χ4n) is 3.52. The van der Waals surface area contributed by atoms with Gasteiger partial charge in [0.2, 0.25) is 0 Å². The normalized spacial score (nSPS) is 25.6. The van der Waals surface area contributed by atoms with Gasteiger partial charge >= 0.3 is 0 Å². The Labute approximate surface area is 107 Å². The quantitative estimate of drug-likeness (QED) is 0.813. The van der Waals surface area contributed by atoms with E-state index in [9.17, 15) is 0 Å². The van der Waals surface area contributed by atoms with Crippen LogP contribution in [0.1, 0.15) is 59.3 Å². The number of nitrogens with one attached hydrogen (secondary N) is 1. The maximum absolute atomic E-state index is 3.60. The Morgan fingerprint density at radius 2 is 1.76 bits per heavy atom. The summed E-state index contributed by atoms with van der Waals surface area (Å²) in [5, 5.41) is 3.60. The molecule has 1 heterocycles. The van der Waals surface area contributed by atoms with E-state index in [4.69, 9.17) is 0 Å². The molecule has 2 aliphatic rings. The van der Waals surface area contributed by atoms with Crippen molar-refractivity contribution < 1.29 is 0 Å². The average molecular weight is 238 g/mol. The Morgan fingerprint density at radius 3 is 2.41 bits per heavy atom. The third-order valence-electron chi connectivity index (χ3n) is 4.51. The maximum atomic E-state index is 3.60. The molecule has 1 saturated carbocycles. The predicted molar refractivity (Wildman–Crippen MR) is 74.3 cm³/mol. The minimum Gasteiger partial charge on any atom is -0.311 e. The highest BCUT2D eigenvalue weighted by atomic mass is 15.2. The Bertz CT molecular complexity index is 236. The summed E-state index contributed by atoms with van der Waals surface area (Å²) in [6.45, 7) is 11.8. The molecule has 2 fully saturated rings. The highest BCUT2D eigenvalue weighted by Gasteiger charge is 2.38. The molecule has 2 nitrogen and oxygen atoms in total. The summed E-state index contributed by atoms with van der Waals surface area (Å²) in [5.41, 5.74) is 0.988. The van der Waals surface area contributed by atoms with Gasteiger partial charge in [-0.3, -0.25) is 0 Å². The van der Waals surface area contributed by atoms with Gasteiger partial charge in [0.1, 0.15) is 0 Å². The fraction of sp³-hybridized carbons (Fsp3) is 1.00. The summed E-state index contributed by atoms with van der Waals surface area (Å²) < 4.78 is 0. The predicted octanol–water partition coefficient (Wildman–Crippen LogP) is 3.03. The van der Waals surface area contributed by atoms with Crippen LogP contribution in [0.4, 0.5) is 0 Å². The molecule has 0 amide bonds. The van der Waals surface area contributed by atoms with E-state index in [-0.39, 0.29) is 5.54 Å². The molecule has 1 N–H and O–H groups in total. The lowest BCUT2D eigenvalue weighted by molar-refractivity contribution is 0.185. The first-order valence-corrected chi connectivity index (χ1v) is 7.47. The van der Waals surface area contributed by atoms with Gasteiger partial charge in [-0.1, -0.05) is 19.3 Å². The van der Waals surface area contributed by atoms with Crippen molar-refractivity contribution in [1.82, 2.24) is 10.2 Å². The number of hydrogen-bond acceptors (Lipinski definition) is 2. The van der Waals surface area contributed by atoms with E-state index in [1.807, 2.05) is 0 Å². The topological polar surface area (TPSA) is 15.3 Å². The third-order valence-corrected chi connectivity index (χ3v) is 4.51. The van der Waals surface area contributed by atoms with Crippen LogP contribution in [0, 0.1) is 5.41 Å². The maximum Gasteiger partial charge on any atom is 0.0107 e. The minimum atomic E-state index is 0.266. The third kappa shape index (κ3) is 3.96. The van der Waals surface area contributed by atoms with E-state index < -0.39 is 0 Å². The van der Waals surface area contributed by atoms with Crippen molar-refractivity contribution in [3.05, 3.63) is 0 Å². The monoisotopic (exact) mass is 238 g/mol. The van der Waals surface area contributed by atoms with Gasteiger partial charge in [0, 0.05) is 25.2 Å². The first kappa shape index (κ1) is 13.4. The molecule has 0 unspecified atom stereocenters. The molecule has 2 rings (SSSR count). The first-order valence-electron chi connectivity index (χ1n) is 7.47. The first-order chi connectivity index (χ1) is 7.99. The second kappa shape index (κ2) is 5.27. The van der Waals surface area contributed by atoms with Crippen LogP contribution < -0.4 is 5.32 Å². The smallest absolute Gasteiger partial charge is 0.0107 e. The van der Waals surface area contributed by atoms with E-state index in [1.54, 1.807) is 0 Å². The summed E-state index contributed by atoms with van der Waals surface area (Å²) in [6.07, 6.45) is 8.89. The molecule has 0 aromatic rings. The van der Waals surface area contributed by atoms with Gasteiger partial charge in [-0.2, -0.15) is 0 Å². The summed E-state index contributed by atoms with van der Waals surface area (Å²) in [5.74, 6) is 0. The fourth-order valence-corrected chi connectivity index (χ4v) is 3.52. The van der Waals surface area contributed by atoms with Crippen molar-refractivity contribution in [3.63, 3.8) is 0 Å². The van der Waals surface area contributed by atoms with Crippen molar-refractivity contribution in [2.45, 2.75) is 64.8 Å². The van der Waals surface area contributed by atoms with Gasteiger partial charge in [0.25, 0.3) is 0 Å². The average Bonchev–Trinajstić information content (AvgIpc) is 2.61. The Hall–Kier alpha value is -0.0800. The molecular formula is C15H30N2. The summed E-state index contributed by atoms with van der Waals surface area (Å²) in [7, 11) is 0. The van der Waals surface area contributed by atoms with E-state index in [1.165, 1.54) is 58.2 Å².